The smallest absolute Gasteiger partial charge is 0.406 e. The molecule has 0 N–H and O–H groups in total. The van der Waals surface area contributed by atoms with Crippen LogP contribution in [0.2, 0.25) is 0 Å². The molecule has 2 aromatic rings. The zero-order valence-corrected chi connectivity index (χ0v) is 10.1. The largest absolute Gasteiger partial charge is 0.481 e. The van der Waals surface area contributed by atoms with E-state index in [1.54, 1.807) is 0 Å². The van der Waals surface area contributed by atoms with Crippen molar-refractivity contribution in [2.45, 2.75) is 6.61 Å². The van der Waals surface area contributed by atoms with Crippen LogP contribution < -0.4 is 4.74 Å². The summed E-state index contributed by atoms with van der Waals surface area (Å²) in [6.45, 7) is -0.160. The van der Waals surface area contributed by atoms with E-state index < -0.39 is 16.6 Å². The van der Waals surface area contributed by atoms with Gasteiger partial charge in [0, 0.05) is 5.56 Å². The number of nitrogens with zero attached hydrogens (tertiary/aromatic N) is 3. The van der Waals surface area contributed by atoms with Gasteiger partial charge in [-0.3, -0.25) is 0 Å². The predicted molar refractivity (Wildman–Crippen MR) is 66.3 cm³/mol. The molecular formula is C13H8FN3O3. The minimum absolute atomic E-state index is 0.0364. The first-order valence-corrected chi connectivity index (χ1v) is 5.52. The summed E-state index contributed by atoms with van der Waals surface area (Å²) in [4.78, 5) is 13.7. The lowest BCUT2D eigenvalue weighted by molar-refractivity contribution is -0.390. The van der Waals surface area contributed by atoms with E-state index in [1.807, 2.05) is 6.07 Å². The fourth-order valence-corrected chi connectivity index (χ4v) is 1.58. The minimum atomic E-state index is -0.674. The quantitative estimate of drug-likeness (QED) is 0.630. The molecule has 1 aromatic carbocycles. The van der Waals surface area contributed by atoms with Crippen LogP contribution in [0.4, 0.5) is 10.2 Å². The van der Waals surface area contributed by atoms with E-state index in [1.165, 1.54) is 24.4 Å². The summed E-state index contributed by atoms with van der Waals surface area (Å²) in [5, 5.41) is 19.7. The topological polar surface area (TPSA) is 89.0 Å². The summed E-state index contributed by atoms with van der Waals surface area (Å²) >= 11 is 0. The molecular weight excluding hydrogens is 265 g/mol. The standard InChI is InChI=1S/C13H8FN3O3/c14-11-4-3-9(7-15)10(6-11)8-20-12-2-1-5-16-13(12)17(18)19/h1-6H,8H2. The molecule has 0 spiro atoms. The van der Waals surface area contributed by atoms with Crippen molar-refractivity contribution >= 4 is 5.82 Å². The zero-order chi connectivity index (χ0) is 14.5. The molecule has 0 saturated heterocycles. The molecule has 100 valence electrons. The lowest BCUT2D eigenvalue weighted by Gasteiger charge is -2.07. The first-order chi connectivity index (χ1) is 9.61. The van der Waals surface area contributed by atoms with E-state index >= 15 is 0 Å². The Morgan fingerprint density at radius 3 is 2.95 bits per heavy atom. The number of nitriles is 1. The Morgan fingerprint density at radius 2 is 2.25 bits per heavy atom. The molecule has 6 nitrogen and oxygen atoms in total. The van der Waals surface area contributed by atoms with Gasteiger partial charge in [-0.25, -0.2) is 4.39 Å². The molecule has 0 atom stereocenters. The monoisotopic (exact) mass is 273 g/mol. The van der Waals surface area contributed by atoms with E-state index in [-0.39, 0.29) is 17.9 Å². The number of hydrogen-bond acceptors (Lipinski definition) is 5. The van der Waals surface area contributed by atoms with Gasteiger partial charge in [0.1, 0.15) is 18.6 Å². The van der Waals surface area contributed by atoms with Gasteiger partial charge in [-0.2, -0.15) is 5.26 Å². The SMILES string of the molecule is N#Cc1ccc(F)cc1COc1cccnc1[N+](=O)[O-]. The highest BCUT2D eigenvalue weighted by Crippen LogP contribution is 2.24. The fraction of sp³-hybridized carbons (Fsp3) is 0.0769. The molecule has 0 bridgehead atoms. The van der Waals surface area contributed by atoms with E-state index in [9.17, 15) is 14.5 Å². The first kappa shape index (κ1) is 13.4. The van der Waals surface area contributed by atoms with Gasteiger partial charge in [-0.15, -0.1) is 0 Å². The molecule has 0 amide bonds. The Hall–Kier alpha value is -3.01. The maximum atomic E-state index is 13.1. The maximum Gasteiger partial charge on any atom is 0.406 e. The molecule has 1 heterocycles. The summed E-state index contributed by atoms with van der Waals surface area (Å²) in [6, 6.07) is 8.41. The van der Waals surface area contributed by atoms with Gasteiger partial charge in [-0.05, 0) is 40.2 Å². The van der Waals surface area contributed by atoms with Crippen molar-refractivity contribution < 1.29 is 14.1 Å². The van der Waals surface area contributed by atoms with Crippen molar-refractivity contribution in [1.82, 2.24) is 4.98 Å². The van der Waals surface area contributed by atoms with Crippen LogP contribution in [-0.2, 0) is 6.61 Å². The summed E-state index contributed by atoms with van der Waals surface area (Å²) in [7, 11) is 0. The third kappa shape index (κ3) is 2.87. The molecule has 0 aliphatic carbocycles. The average molecular weight is 273 g/mol. The fourth-order valence-electron chi connectivity index (χ4n) is 1.58. The van der Waals surface area contributed by atoms with Crippen molar-refractivity contribution in [3.05, 3.63) is 63.6 Å². The first-order valence-electron chi connectivity index (χ1n) is 5.52. The van der Waals surface area contributed by atoms with Gasteiger partial charge in [-0.1, -0.05) is 0 Å². The average Bonchev–Trinajstić information content (AvgIpc) is 2.45. The van der Waals surface area contributed by atoms with Crippen LogP contribution in [-0.4, -0.2) is 9.91 Å². The summed E-state index contributed by atoms with van der Waals surface area (Å²) < 4.78 is 18.4. The maximum absolute atomic E-state index is 13.1. The Labute approximate surface area is 113 Å². The van der Waals surface area contributed by atoms with Crippen LogP contribution in [0.5, 0.6) is 5.75 Å². The number of hydrogen-bond donors (Lipinski definition) is 0. The van der Waals surface area contributed by atoms with E-state index in [0.717, 1.165) is 12.1 Å². The van der Waals surface area contributed by atoms with Crippen LogP contribution in [0, 0.1) is 27.3 Å². The van der Waals surface area contributed by atoms with E-state index in [2.05, 4.69) is 4.98 Å². The van der Waals surface area contributed by atoms with Crippen LogP contribution in [0.15, 0.2) is 36.5 Å². The van der Waals surface area contributed by atoms with Gasteiger partial charge in [0.2, 0.25) is 5.75 Å². The van der Waals surface area contributed by atoms with Gasteiger partial charge < -0.3 is 14.9 Å². The highest BCUT2D eigenvalue weighted by Gasteiger charge is 2.16. The summed E-state index contributed by atoms with van der Waals surface area (Å²) in [5.41, 5.74) is 0.559. The lowest BCUT2D eigenvalue weighted by atomic mass is 10.1. The Morgan fingerprint density at radius 1 is 1.45 bits per heavy atom. The second kappa shape index (κ2) is 5.75. The van der Waals surface area contributed by atoms with Crippen LogP contribution >= 0.6 is 0 Å². The second-order valence-electron chi connectivity index (χ2n) is 3.78. The third-order valence-corrected chi connectivity index (χ3v) is 2.49. The molecule has 7 heteroatoms. The highest BCUT2D eigenvalue weighted by molar-refractivity contribution is 5.40. The minimum Gasteiger partial charge on any atom is -0.481 e. The van der Waals surface area contributed by atoms with Crippen LogP contribution in [0.1, 0.15) is 11.1 Å². The number of rotatable bonds is 4. The van der Waals surface area contributed by atoms with E-state index in [4.69, 9.17) is 10.00 Å². The third-order valence-electron chi connectivity index (χ3n) is 2.49. The Bertz CT molecular complexity index is 698. The van der Waals surface area contributed by atoms with Crippen LogP contribution in [0.3, 0.4) is 0 Å². The van der Waals surface area contributed by atoms with Gasteiger partial charge in [0.25, 0.3) is 0 Å². The Balaban J connectivity index is 2.24. The summed E-state index contributed by atoms with van der Waals surface area (Å²) in [5.74, 6) is -0.976. The molecule has 0 aliphatic rings. The van der Waals surface area contributed by atoms with Crippen LogP contribution in [0.25, 0.3) is 0 Å². The molecule has 2 rings (SSSR count). The number of benzene rings is 1. The van der Waals surface area contributed by atoms with Crippen molar-refractivity contribution in [2.75, 3.05) is 0 Å². The Kier molecular flexibility index (Phi) is 3.86. The molecule has 0 unspecified atom stereocenters. The van der Waals surface area contributed by atoms with Gasteiger partial charge in [0.15, 0.2) is 0 Å². The van der Waals surface area contributed by atoms with Gasteiger partial charge >= 0.3 is 5.82 Å². The van der Waals surface area contributed by atoms with Crippen molar-refractivity contribution in [2.24, 2.45) is 0 Å². The number of halogens is 1. The van der Waals surface area contributed by atoms with Gasteiger partial charge in [0.05, 0.1) is 11.6 Å². The molecule has 0 saturated carbocycles. The molecule has 0 radical (unpaired) electrons. The van der Waals surface area contributed by atoms with E-state index in [0.29, 0.717) is 5.56 Å². The van der Waals surface area contributed by atoms with Crippen molar-refractivity contribution in [3.63, 3.8) is 0 Å². The molecule has 0 aliphatic heterocycles. The van der Waals surface area contributed by atoms with Crippen molar-refractivity contribution in [3.8, 4) is 11.8 Å². The van der Waals surface area contributed by atoms with Crippen molar-refractivity contribution in [1.29, 1.82) is 5.26 Å². The molecule has 0 fully saturated rings. The molecule has 1 aromatic heterocycles. The number of ether oxygens (including phenoxy) is 1. The normalized spacial score (nSPS) is 9.80. The number of aromatic nitrogens is 1. The molecule has 20 heavy (non-hydrogen) atoms. The number of pyridine rings is 1. The predicted octanol–water partition coefficient (Wildman–Crippen LogP) is 2.58. The lowest BCUT2D eigenvalue weighted by Crippen LogP contribution is -2.02. The zero-order valence-electron chi connectivity index (χ0n) is 10.1. The highest BCUT2D eigenvalue weighted by atomic mass is 19.1. The number of nitro groups is 1. The second-order valence-corrected chi connectivity index (χ2v) is 3.78. The summed E-state index contributed by atoms with van der Waals surface area (Å²) in [6.07, 6.45) is 1.27.